The molecule has 92 valence electrons. The third kappa shape index (κ3) is 2.03. The van der Waals surface area contributed by atoms with Gasteiger partial charge in [0.15, 0.2) is 0 Å². The van der Waals surface area contributed by atoms with Crippen molar-refractivity contribution in [2.45, 2.75) is 39.0 Å². The zero-order chi connectivity index (χ0) is 12.6. The molecular formula is C12H18N4O. The van der Waals surface area contributed by atoms with Gasteiger partial charge >= 0.3 is 0 Å². The van der Waals surface area contributed by atoms with Crippen LogP contribution in [-0.4, -0.2) is 25.7 Å². The first-order valence-corrected chi connectivity index (χ1v) is 5.78. The molecule has 17 heavy (non-hydrogen) atoms. The van der Waals surface area contributed by atoms with Crippen molar-refractivity contribution in [2.75, 3.05) is 0 Å². The average Bonchev–Trinajstić information content (AvgIpc) is 2.66. The van der Waals surface area contributed by atoms with Crippen LogP contribution < -0.4 is 5.73 Å². The molecule has 2 aromatic heterocycles. The highest BCUT2D eigenvalue weighted by molar-refractivity contribution is 5.75. The van der Waals surface area contributed by atoms with Gasteiger partial charge in [0.1, 0.15) is 11.3 Å². The maximum Gasteiger partial charge on any atom is 0.129 e. The molecule has 2 heterocycles. The molecule has 0 amide bonds. The smallest absolute Gasteiger partial charge is 0.129 e. The Morgan fingerprint density at radius 1 is 1.35 bits per heavy atom. The van der Waals surface area contributed by atoms with Crippen molar-refractivity contribution in [3.8, 4) is 0 Å². The highest BCUT2D eigenvalue weighted by Gasteiger charge is 2.21. The third-order valence-electron chi connectivity index (χ3n) is 2.85. The molecule has 0 saturated carbocycles. The van der Waals surface area contributed by atoms with E-state index in [4.69, 9.17) is 5.73 Å². The van der Waals surface area contributed by atoms with Crippen LogP contribution in [0.4, 0.5) is 0 Å². The minimum atomic E-state index is -0.628. The van der Waals surface area contributed by atoms with Crippen molar-refractivity contribution < 1.29 is 5.11 Å². The van der Waals surface area contributed by atoms with Gasteiger partial charge in [0.05, 0.1) is 23.9 Å². The van der Waals surface area contributed by atoms with Crippen molar-refractivity contribution in [1.82, 2.24) is 14.5 Å². The molecule has 2 rings (SSSR count). The Hall–Kier alpha value is -1.46. The lowest BCUT2D eigenvalue weighted by Crippen LogP contribution is -2.27. The average molecular weight is 234 g/mol. The van der Waals surface area contributed by atoms with E-state index in [0.717, 1.165) is 11.0 Å². The summed E-state index contributed by atoms with van der Waals surface area (Å²) in [4.78, 5) is 8.52. The molecule has 5 heteroatoms. The molecule has 0 aromatic carbocycles. The predicted molar refractivity (Wildman–Crippen MR) is 66.5 cm³/mol. The van der Waals surface area contributed by atoms with Crippen molar-refractivity contribution >= 4 is 11.0 Å². The predicted octanol–water partition coefficient (Wildman–Crippen LogP) is 1.39. The Bertz CT molecular complexity index is 518. The number of aliphatic hydroxyl groups is 1. The highest BCUT2D eigenvalue weighted by atomic mass is 16.3. The summed E-state index contributed by atoms with van der Waals surface area (Å²) >= 11 is 0. The fourth-order valence-electron chi connectivity index (χ4n) is 1.96. The molecule has 0 aliphatic heterocycles. The molecule has 2 aromatic rings. The fourth-order valence-corrected chi connectivity index (χ4v) is 1.96. The molecule has 2 unspecified atom stereocenters. The summed E-state index contributed by atoms with van der Waals surface area (Å²) in [5.41, 5.74) is 7.80. The molecule has 0 aliphatic rings. The van der Waals surface area contributed by atoms with Gasteiger partial charge in [-0.3, -0.25) is 4.98 Å². The van der Waals surface area contributed by atoms with Gasteiger partial charge in [0.25, 0.3) is 0 Å². The first-order chi connectivity index (χ1) is 8.02. The van der Waals surface area contributed by atoms with Crippen LogP contribution in [0.3, 0.4) is 0 Å². The summed E-state index contributed by atoms with van der Waals surface area (Å²) in [5, 5.41) is 9.61. The normalized spacial score (nSPS) is 15.4. The van der Waals surface area contributed by atoms with Crippen molar-refractivity contribution in [3.63, 3.8) is 0 Å². The SMILES string of the molecule is CC(O)C(N)c1nc2cnccc2n1C(C)C. The van der Waals surface area contributed by atoms with Crippen LogP contribution in [0.15, 0.2) is 18.5 Å². The van der Waals surface area contributed by atoms with Gasteiger partial charge in [-0.05, 0) is 26.8 Å². The lowest BCUT2D eigenvalue weighted by molar-refractivity contribution is 0.158. The molecule has 0 saturated heterocycles. The van der Waals surface area contributed by atoms with Gasteiger partial charge in [0.2, 0.25) is 0 Å². The van der Waals surface area contributed by atoms with E-state index in [9.17, 15) is 5.11 Å². The Morgan fingerprint density at radius 2 is 2.06 bits per heavy atom. The molecule has 0 bridgehead atoms. The molecule has 0 radical (unpaired) electrons. The lowest BCUT2D eigenvalue weighted by Gasteiger charge is -2.19. The molecule has 0 fully saturated rings. The number of nitrogens with zero attached hydrogens (tertiary/aromatic N) is 3. The number of hydrogen-bond donors (Lipinski definition) is 2. The molecule has 0 spiro atoms. The van der Waals surface area contributed by atoms with Crippen LogP contribution in [0, 0.1) is 0 Å². The van der Waals surface area contributed by atoms with Crippen molar-refractivity contribution in [3.05, 3.63) is 24.3 Å². The van der Waals surface area contributed by atoms with E-state index in [0.29, 0.717) is 5.82 Å². The Balaban J connectivity index is 2.66. The monoisotopic (exact) mass is 234 g/mol. The van der Waals surface area contributed by atoms with Gasteiger partial charge < -0.3 is 15.4 Å². The van der Waals surface area contributed by atoms with E-state index >= 15 is 0 Å². The van der Waals surface area contributed by atoms with E-state index in [-0.39, 0.29) is 6.04 Å². The Labute approximate surface area is 100 Å². The van der Waals surface area contributed by atoms with E-state index in [1.165, 1.54) is 0 Å². The summed E-state index contributed by atoms with van der Waals surface area (Å²) in [7, 11) is 0. The summed E-state index contributed by atoms with van der Waals surface area (Å²) in [5.74, 6) is 0.706. The van der Waals surface area contributed by atoms with Crippen LogP contribution in [-0.2, 0) is 0 Å². The van der Waals surface area contributed by atoms with E-state index in [1.807, 2.05) is 6.07 Å². The van der Waals surface area contributed by atoms with Crippen molar-refractivity contribution in [1.29, 1.82) is 0 Å². The number of pyridine rings is 1. The number of nitrogens with two attached hydrogens (primary N) is 1. The number of rotatable bonds is 3. The molecular weight excluding hydrogens is 216 g/mol. The minimum Gasteiger partial charge on any atom is -0.391 e. The molecule has 2 atom stereocenters. The second-order valence-corrected chi connectivity index (χ2v) is 4.56. The van der Waals surface area contributed by atoms with Gasteiger partial charge in [-0.25, -0.2) is 4.98 Å². The number of fused-ring (bicyclic) bond motifs is 1. The molecule has 0 aliphatic carbocycles. The molecule has 3 N–H and O–H groups in total. The van der Waals surface area contributed by atoms with Gasteiger partial charge in [-0.2, -0.15) is 0 Å². The fraction of sp³-hybridized carbons (Fsp3) is 0.500. The zero-order valence-corrected chi connectivity index (χ0v) is 10.3. The van der Waals surface area contributed by atoms with E-state index in [2.05, 4.69) is 28.4 Å². The largest absolute Gasteiger partial charge is 0.391 e. The topological polar surface area (TPSA) is 77.0 Å². The summed E-state index contributed by atoms with van der Waals surface area (Å²) in [6, 6.07) is 1.67. The Kier molecular flexibility index (Phi) is 3.13. The Morgan fingerprint density at radius 3 is 2.65 bits per heavy atom. The second kappa shape index (κ2) is 4.43. The standard InChI is InChI=1S/C12H18N4O/c1-7(2)16-10-4-5-14-6-9(10)15-12(16)11(13)8(3)17/h4-8,11,17H,13H2,1-3H3. The van der Waals surface area contributed by atoms with Gasteiger partial charge in [-0.1, -0.05) is 0 Å². The van der Waals surface area contributed by atoms with Crippen LogP contribution in [0.2, 0.25) is 0 Å². The number of aliphatic hydroxyl groups excluding tert-OH is 1. The minimum absolute atomic E-state index is 0.238. The maximum absolute atomic E-state index is 9.61. The third-order valence-corrected chi connectivity index (χ3v) is 2.85. The number of imidazole rings is 1. The lowest BCUT2D eigenvalue weighted by atomic mass is 10.2. The van der Waals surface area contributed by atoms with Crippen LogP contribution in [0.25, 0.3) is 11.0 Å². The zero-order valence-electron chi connectivity index (χ0n) is 10.3. The summed E-state index contributed by atoms with van der Waals surface area (Å²) in [6.07, 6.45) is 2.82. The molecule has 5 nitrogen and oxygen atoms in total. The van der Waals surface area contributed by atoms with E-state index in [1.54, 1.807) is 19.3 Å². The second-order valence-electron chi connectivity index (χ2n) is 4.56. The van der Waals surface area contributed by atoms with Crippen LogP contribution in [0.1, 0.15) is 38.7 Å². The van der Waals surface area contributed by atoms with Gasteiger partial charge in [-0.15, -0.1) is 0 Å². The first kappa shape index (κ1) is 12.0. The maximum atomic E-state index is 9.61. The van der Waals surface area contributed by atoms with Crippen molar-refractivity contribution in [2.24, 2.45) is 5.73 Å². The summed E-state index contributed by atoms with van der Waals surface area (Å²) < 4.78 is 2.05. The van der Waals surface area contributed by atoms with Crippen LogP contribution >= 0.6 is 0 Å². The number of aromatic nitrogens is 3. The highest BCUT2D eigenvalue weighted by Crippen LogP contribution is 2.24. The first-order valence-electron chi connectivity index (χ1n) is 5.78. The van der Waals surface area contributed by atoms with Gasteiger partial charge in [0, 0.05) is 12.2 Å². The quantitative estimate of drug-likeness (QED) is 0.841. The van der Waals surface area contributed by atoms with E-state index < -0.39 is 12.1 Å². The summed E-state index contributed by atoms with van der Waals surface area (Å²) in [6.45, 7) is 5.81. The number of hydrogen-bond acceptors (Lipinski definition) is 4. The van der Waals surface area contributed by atoms with Crippen LogP contribution in [0.5, 0.6) is 0 Å².